The molecule has 1 unspecified atom stereocenters. The summed E-state index contributed by atoms with van der Waals surface area (Å²) in [5.41, 5.74) is 0.486. The van der Waals surface area contributed by atoms with Crippen molar-refractivity contribution in [3.8, 4) is 0 Å². The van der Waals surface area contributed by atoms with Gasteiger partial charge in [0, 0.05) is 31.3 Å². The van der Waals surface area contributed by atoms with Gasteiger partial charge in [-0.15, -0.1) is 0 Å². The van der Waals surface area contributed by atoms with Crippen LogP contribution in [0.3, 0.4) is 0 Å². The Morgan fingerprint density at radius 2 is 2.18 bits per heavy atom. The number of nitro groups is 1. The maximum atomic E-state index is 12.0. The maximum absolute atomic E-state index is 12.0. The molecule has 0 aromatic heterocycles. The summed E-state index contributed by atoms with van der Waals surface area (Å²) in [6.45, 7) is 0. The van der Waals surface area contributed by atoms with E-state index in [0.717, 1.165) is 0 Å². The van der Waals surface area contributed by atoms with E-state index in [0.29, 0.717) is 12.0 Å². The van der Waals surface area contributed by atoms with Gasteiger partial charge in [0.15, 0.2) is 9.84 Å². The predicted molar refractivity (Wildman–Crippen MR) is 82.0 cm³/mol. The van der Waals surface area contributed by atoms with Gasteiger partial charge in [0.1, 0.15) is 0 Å². The first kappa shape index (κ1) is 16.2. The van der Waals surface area contributed by atoms with E-state index in [1.54, 1.807) is 13.1 Å². The highest BCUT2D eigenvalue weighted by atomic mass is 32.2. The minimum absolute atomic E-state index is 0.0140. The van der Waals surface area contributed by atoms with Crippen molar-refractivity contribution in [3.05, 3.63) is 46.0 Å². The fourth-order valence-electron chi connectivity index (χ4n) is 2.29. The quantitative estimate of drug-likeness (QED) is 0.472. The summed E-state index contributed by atoms with van der Waals surface area (Å²) in [7, 11) is -1.49. The molecule has 2 rings (SSSR count). The summed E-state index contributed by atoms with van der Waals surface area (Å²) < 4.78 is 22.9. The third-order valence-corrected chi connectivity index (χ3v) is 5.35. The molecule has 0 bridgehead atoms. The lowest BCUT2D eigenvalue weighted by Gasteiger charge is -2.21. The van der Waals surface area contributed by atoms with Gasteiger partial charge in [-0.3, -0.25) is 14.9 Å². The third kappa shape index (κ3) is 3.91. The smallest absolute Gasteiger partial charge is 0.270 e. The van der Waals surface area contributed by atoms with E-state index >= 15 is 0 Å². The molecule has 0 spiro atoms. The van der Waals surface area contributed by atoms with Crippen LogP contribution in [0.4, 0.5) is 5.69 Å². The van der Waals surface area contributed by atoms with Crippen LogP contribution in [0.25, 0.3) is 6.08 Å². The number of hydrogen-bond donors (Lipinski definition) is 0. The van der Waals surface area contributed by atoms with E-state index < -0.39 is 14.8 Å². The highest BCUT2D eigenvalue weighted by Crippen LogP contribution is 2.18. The van der Waals surface area contributed by atoms with Crippen molar-refractivity contribution in [3.63, 3.8) is 0 Å². The van der Waals surface area contributed by atoms with E-state index in [2.05, 4.69) is 0 Å². The van der Waals surface area contributed by atoms with Crippen LogP contribution < -0.4 is 0 Å². The van der Waals surface area contributed by atoms with Gasteiger partial charge in [-0.2, -0.15) is 0 Å². The van der Waals surface area contributed by atoms with Gasteiger partial charge >= 0.3 is 0 Å². The summed E-state index contributed by atoms with van der Waals surface area (Å²) in [5.74, 6) is -0.238. The minimum atomic E-state index is -3.05. The van der Waals surface area contributed by atoms with Gasteiger partial charge in [0.25, 0.3) is 5.69 Å². The zero-order chi connectivity index (χ0) is 16.3. The van der Waals surface area contributed by atoms with Crippen LogP contribution >= 0.6 is 0 Å². The molecule has 0 aliphatic carbocycles. The van der Waals surface area contributed by atoms with E-state index in [4.69, 9.17) is 0 Å². The van der Waals surface area contributed by atoms with Crippen LogP contribution in [-0.4, -0.2) is 48.7 Å². The van der Waals surface area contributed by atoms with Gasteiger partial charge < -0.3 is 4.90 Å². The van der Waals surface area contributed by atoms with Crippen LogP contribution in [0.5, 0.6) is 0 Å². The molecule has 1 saturated heterocycles. The molecular weight excluding hydrogens is 308 g/mol. The van der Waals surface area contributed by atoms with Crippen molar-refractivity contribution in [2.75, 3.05) is 18.6 Å². The molecule has 0 radical (unpaired) electrons. The van der Waals surface area contributed by atoms with Gasteiger partial charge in [-0.1, -0.05) is 12.1 Å². The molecular formula is C14H16N2O5S. The fourth-order valence-corrected chi connectivity index (χ4v) is 4.06. The number of carbonyl (C=O) groups is 1. The van der Waals surface area contributed by atoms with Crippen molar-refractivity contribution in [1.29, 1.82) is 0 Å². The Bertz CT molecular complexity index is 727. The third-order valence-electron chi connectivity index (χ3n) is 3.60. The van der Waals surface area contributed by atoms with Gasteiger partial charge in [-0.05, 0) is 18.1 Å². The zero-order valence-electron chi connectivity index (χ0n) is 12.0. The number of carbonyl (C=O) groups excluding carboxylic acids is 1. The number of rotatable bonds is 4. The number of benzene rings is 1. The molecule has 1 atom stereocenters. The molecule has 1 aliphatic heterocycles. The molecule has 1 amide bonds. The number of amides is 1. The number of nitro benzene ring substituents is 1. The van der Waals surface area contributed by atoms with Crippen molar-refractivity contribution in [1.82, 2.24) is 4.90 Å². The lowest BCUT2D eigenvalue weighted by molar-refractivity contribution is -0.384. The van der Waals surface area contributed by atoms with Crippen molar-refractivity contribution in [2.24, 2.45) is 0 Å². The van der Waals surface area contributed by atoms with Crippen LogP contribution in [-0.2, 0) is 14.6 Å². The topological polar surface area (TPSA) is 97.6 Å². The van der Waals surface area contributed by atoms with E-state index in [1.807, 2.05) is 0 Å². The first-order chi connectivity index (χ1) is 10.3. The maximum Gasteiger partial charge on any atom is 0.270 e. The Balaban J connectivity index is 2.05. The van der Waals surface area contributed by atoms with Crippen molar-refractivity contribution < 1.29 is 18.1 Å². The Morgan fingerprint density at radius 1 is 1.45 bits per heavy atom. The second-order valence-electron chi connectivity index (χ2n) is 5.19. The second-order valence-corrected chi connectivity index (χ2v) is 7.42. The van der Waals surface area contributed by atoms with Gasteiger partial charge in [-0.25, -0.2) is 8.42 Å². The number of non-ortho nitro benzene ring substituents is 1. The van der Waals surface area contributed by atoms with Crippen LogP contribution in [0.1, 0.15) is 12.0 Å². The highest BCUT2D eigenvalue weighted by Gasteiger charge is 2.31. The van der Waals surface area contributed by atoms with Crippen LogP contribution in [0.2, 0.25) is 0 Å². The molecule has 1 fully saturated rings. The Morgan fingerprint density at radius 3 is 2.77 bits per heavy atom. The molecule has 0 N–H and O–H groups in total. The van der Waals surface area contributed by atoms with E-state index in [-0.39, 0.29) is 29.1 Å². The average Bonchev–Trinajstić information content (AvgIpc) is 2.84. The summed E-state index contributed by atoms with van der Waals surface area (Å²) >= 11 is 0. The number of hydrogen-bond acceptors (Lipinski definition) is 5. The average molecular weight is 324 g/mol. The van der Waals surface area contributed by atoms with E-state index in [1.165, 1.54) is 35.3 Å². The molecule has 0 saturated carbocycles. The summed E-state index contributed by atoms with van der Waals surface area (Å²) in [6, 6.07) is 5.61. The molecule has 1 aromatic rings. The molecule has 1 heterocycles. The lowest BCUT2D eigenvalue weighted by Crippen LogP contribution is -2.36. The normalized spacial score (nSPS) is 20.1. The largest absolute Gasteiger partial charge is 0.338 e. The Kier molecular flexibility index (Phi) is 4.60. The van der Waals surface area contributed by atoms with E-state index in [9.17, 15) is 23.3 Å². The van der Waals surface area contributed by atoms with Crippen molar-refractivity contribution >= 4 is 27.5 Å². The standard InChI is InChI=1S/C14H16N2O5S/c1-15(13-7-8-22(20,21)10-13)14(17)6-5-11-3-2-4-12(9-11)16(18)19/h2-6,9,13H,7-8,10H2,1H3/b6-5+. The number of sulfone groups is 1. The molecule has 22 heavy (non-hydrogen) atoms. The molecule has 118 valence electrons. The summed E-state index contributed by atoms with van der Waals surface area (Å²) in [5, 5.41) is 10.7. The van der Waals surface area contributed by atoms with Gasteiger partial charge in [0.05, 0.1) is 16.4 Å². The number of nitrogens with zero attached hydrogens (tertiary/aromatic N) is 2. The summed E-state index contributed by atoms with van der Waals surface area (Å²) in [6.07, 6.45) is 3.22. The Hall–Kier alpha value is -2.22. The lowest BCUT2D eigenvalue weighted by atomic mass is 10.2. The first-order valence-corrected chi connectivity index (χ1v) is 8.50. The van der Waals surface area contributed by atoms with Gasteiger partial charge in [0.2, 0.25) is 5.91 Å². The molecule has 1 aromatic carbocycles. The predicted octanol–water partition coefficient (Wildman–Crippen LogP) is 1.25. The zero-order valence-corrected chi connectivity index (χ0v) is 12.8. The molecule has 1 aliphatic rings. The minimum Gasteiger partial charge on any atom is -0.338 e. The monoisotopic (exact) mass is 324 g/mol. The van der Waals surface area contributed by atoms with Crippen molar-refractivity contribution in [2.45, 2.75) is 12.5 Å². The fraction of sp³-hybridized carbons (Fsp3) is 0.357. The van der Waals surface area contributed by atoms with Crippen LogP contribution in [0, 0.1) is 10.1 Å². The second kappa shape index (κ2) is 6.27. The Labute approximate surface area is 128 Å². The summed E-state index contributed by atoms with van der Waals surface area (Å²) in [4.78, 5) is 23.6. The highest BCUT2D eigenvalue weighted by molar-refractivity contribution is 7.91. The first-order valence-electron chi connectivity index (χ1n) is 6.68. The SMILES string of the molecule is CN(C(=O)/C=C/c1cccc([N+](=O)[O-])c1)C1CCS(=O)(=O)C1. The number of likely N-dealkylation sites (N-methyl/N-ethyl adjacent to an activating group) is 1. The molecule has 7 nitrogen and oxygen atoms in total. The molecule has 8 heteroatoms. The van der Waals surface area contributed by atoms with Crippen LogP contribution in [0.15, 0.2) is 30.3 Å².